The van der Waals surface area contributed by atoms with E-state index in [-0.39, 0.29) is 23.5 Å². The van der Waals surface area contributed by atoms with Gasteiger partial charge >= 0.3 is 5.97 Å². The third-order valence-electron chi connectivity index (χ3n) is 6.63. The van der Waals surface area contributed by atoms with Crippen LogP contribution in [0.2, 0.25) is 0 Å². The largest absolute Gasteiger partial charge is 0.497 e. The number of ketones is 1. The van der Waals surface area contributed by atoms with Crippen LogP contribution in [0.4, 0.5) is 5.69 Å². The standard InChI is InChI=1S/C31H25N3O7/c1-40-25-14-10-20(11-15-25)27(35)18-41-31(39)21-8-12-24(13-9-21)34-28(36)17-26(30(34)38)32-33-29(37)23-7-6-19-4-2-3-5-22(19)16-23/h2-16,26,32H,17-18H2,1H3,(H,33,37). The molecule has 4 aromatic carbocycles. The molecule has 0 aromatic heterocycles. The van der Waals surface area contributed by atoms with Gasteiger partial charge in [0.25, 0.3) is 11.8 Å². The molecular weight excluding hydrogens is 526 g/mol. The second kappa shape index (κ2) is 11.8. The number of anilines is 1. The summed E-state index contributed by atoms with van der Waals surface area (Å²) in [6, 6.07) is 24.0. The molecule has 0 saturated carbocycles. The van der Waals surface area contributed by atoms with Gasteiger partial charge in [0.15, 0.2) is 12.4 Å². The number of hydrogen-bond acceptors (Lipinski definition) is 8. The zero-order valence-corrected chi connectivity index (χ0v) is 22.0. The van der Waals surface area contributed by atoms with Gasteiger partial charge in [0.2, 0.25) is 5.91 Å². The number of nitrogens with one attached hydrogen (secondary N) is 2. The van der Waals surface area contributed by atoms with Crippen molar-refractivity contribution in [2.45, 2.75) is 12.5 Å². The van der Waals surface area contributed by atoms with Gasteiger partial charge in [-0.2, -0.15) is 0 Å². The van der Waals surface area contributed by atoms with Crippen LogP contribution in [0, 0.1) is 0 Å². The highest BCUT2D eigenvalue weighted by Crippen LogP contribution is 2.24. The lowest BCUT2D eigenvalue weighted by Crippen LogP contribution is -2.48. The first-order valence-electron chi connectivity index (χ1n) is 12.7. The number of benzene rings is 4. The van der Waals surface area contributed by atoms with Gasteiger partial charge in [-0.3, -0.25) is 24.6 Å². The lowest BCUT2D eigenvalue weighted by Gasteiger charge is -2.16. The van der Waals surface area contributed by atoms with Gasteiger partial charge in [-0.05, 0) is 71.4 Å². The van der Waals surface area contributed by atoms with E-state index in [0.717, 1.165) is 15.7 Å². The fraction of sp³-hybridized carbons (Fsp3) is 0.129. The summed E-state index contributed by atoms with van der Waals surface area (Å²) in [6.07, 6.45) is -0.159. The highest BCUT2D eigenvalue weighted by Gasteiger charge is 2.39. The first-order valence-corrected chi connectivity index (χ1v) is 12.7. The van der Waals surface area contributed by atoms with Gasteiger partial charge in [-0.25, -0.2) is 15.1 Å². The Hall–Kier alpha value is -5.35. The Morgan fingerprint density at radius 2 is 1.49 bits per heavy atom. The van der Waals surface area contributed by atoms with Crippen LogP contribution in [-0.2, 0) is 14.3 Å². The minimum absolute atomic E-state index is 0.146. The first-order chi connectivity index (χ1) is 19.8. The van der Waals surface area contributed by atoms with E-state index >= 15 is 0 Å². The number of esters is 1. The fourth-order valence-electron chi connectivity index (χ4n) is 4.39. The molecule has 0 bridgehead atoms. The number of imide groups is 1. The van der Waals surface area contributed by atoms with Crippen molar-refractivity contribution < 1.29 is 33.4 Å². The van der Waals surface area contributed by atoms with Crippen molar-refractivity contribution in [2.24, 2.45) is 0 Å². The zero-order chi connectivity index (χ0) is 28.9. The molecule has 0 radical (unpaired) electrons. The maximum absolute atomic E-state index is 13.0. The van der Waals surface area contributed by atoms with Crippen molar-refractivity contribution in [2.75, 3.05) is 18.6 Å². The van der Waals surface area contributed by atoms with Gasteiger partial charge in [0.05, 0.1) is 24.8 Å². The summed E-state index contributed by atoms with van der Waals surface area (Å²) >= 11 is 0. The minimum Gasteiger partial charge on any atom is -0.497 e. The fourth-order valence-corrected chi connectivity index (χ4v) is 4.39. The maximum atomic E-state index is 13.0. The average Bonchev–Trinajstić information content (AvgIpc) is 3.30. The molecule has 1 saturated heterocycles. The van der Waals surface area contributed by atoms with E-state index in [9.17, 15) is 24.0 Å². The Labute approximate surface area is 234 Å². The highest BCUT2D eigenvalue weighted by molar-refractivity contribution is 6.22. The Morgan fingerprint density at radius 1 is 0.829 bits per heavy atom. The number of Topliss-reactive ketones (excluding diaryl/α,β-unsaturated/α-hetero) is 1. The molecule has 0 spiro atoms. The third-order valence-corrected chi connectivity index (χ3v) is 6.63. The summed E-state index contributed by atoms with van der Waals surface area (Å²) < 4.78 is 10.2. The summed E-state index contributed by atoms with van der Waals surface area (Å²) in [4.78, 5) is 64.0. The van der Waals surface area contributed by atoms with Crippen LogP contribution in [0.3, 0.4) is 0 Å². The first kappa shape index (κ1) is 27.2. The zero-order valence-electron chi connectivity index (χ0n) is 22.0. The molecule has 0 aliphatic carbocycles. The van der Waals surface area contributed by atoms with E-state index in [0.29, 0.717) is 16.9 Å². The second-order valence-corrected chi connectivity index (χ2v) is 9.26. The number of carbonyl (C=O) groups excluding carboxylic acids is 5. The smallest absolute Gasteiger partial charge is 0.338 e. The molecule has 1 fully saturated rings. The summed E-state index contributed by atoms with van der Waals surface area (Å²) in [5.74, 6) is -1.96. The van der Waals surface area contributed by atoms with Gasteiger partial charge in [-0.15, -0.1) is 0 Å². The van der Waals surface area contributed by atoms with Crippen molar-refractivity contribution in [3.63, 3.8) is 0 Å². The van der Waals surface area contributed by atoms with E-state index in [1.165, 1.54) is 31.4 Å². The highest BCUT2D eigenvalue weighted by atomic mass is 16.5. The number of fused-ring (bicyclic) bond motifs is 1. The van der Waals surface area contributed by atoms with Crippen LogP contribution in [0.5, 0.6) is 5.75 Å². The molecule has 1 aliphatic rings. The number of carbonyl (C=O) groups is 5. The van der Waals surface area contributed by atoms with Crippen molar-refractivity contribution in [1.29, 1.82) is 0 Å². The van der Waals surface area contributed by atoms with Crippen LogP contribution in [0.25, 0.3) is 10.8 Å². The van der Waals surface area contributed by atoms with Crippen LogP contribution in [0.1, 0.15) is 37.5 Å². The topological polar surface area (TPSA) is 131 Å². The molecule has 2 N–H and O–H groups in total. The number of amides is 3. The summed E-state index contributed by atoms with van der Waals surface area (Å²) in [7, 11) is 1.52. The van der Waals surface area contributed by atoms with Crippen molar-refractivity contribution in [1.82, 2.24) is 10.9 Å². The molecule has 41 heavy (non-hydrogen) atoms. The van der Waals surface area contributed by atoms with Crippen molar-refractivity contribution >= 4 is 45.9 Å². The molecular formula is C31H25N3O7. The second-order valence-electron chi connectivity index (χ2n) is 9.26. The van der Waals surface area contributed by atoms with E-state index in [1.807, 2.05) is 30.3 Å². The lowest BCUT2D eigenvalue weighted by molar-refractivity contribution is -0.121. The predicted octanol–water partition coefficient (Wildman–Crippen LogP) is 3.45. The number of ether oxygens (including phenoxy) is 2. The molecule has 10 nitrogen and oxygen atoms in total. The van der Waals surface area contributed by atoms with Crippen LogP contribution >= 0.6 is 0 Å². The molecule has 5 rings (SSSR count). The van der Waals surface area contributed by atoms with Gasteiger partial charge in [0.1, 0.15) is 11.8 Å². The number of nitrogens with zero attached hydrogens (tertiary/aromatic N) is 1. The Bertz CT molecular complexity index is 1650. The average molecular weight is 552 g/mol. The molecule has 206 valence electrons. The molecule has 1 heterocycles. The van der Waals surface area contributed by atoms with Gasteiger partial charge < -0.3 is 9.47 Å². The van der Waals surface area contributed by atoms with Crippen molar-refractivity contribution in [3.05, 3.63) is 108 Å². The Morgan fingerprint density at radius 3 is 2.20 bits per heavy atom. The Balaban J connectivity index is 1.16. The number of rotatable bonds is 9. The Kier molecular flexibility index (Phi) is 7.84. The predicted molar refractivity (Wildman–Crippen MR) is 149 cm³/mol. The van der Waals surface area contributed by atoms with Crippen LogP contribution < -0.4 is 20.5 Å². The molecule has 10 heteroatoms. The third kappa shape index (κ3) is 5.97. The van der Waals surface area contributed by atoms with Gasteiger partial charge in [0, 0.05) is 11.1 Å². The van der Waals surface area contributed by atoms with Crippen LogP contribution in [0.15, 0.2) is 91.0 Å². The SMILES string of the molecule is COc1ccc(C(=O)COC(=O)c2ccc(N3C(=O)CC(NNC(=O)c4ccc5ccccc5c4)C3=O)cc2)cc1. The van der Waals surface area contributed by atoms with Crippen molar-refractivity contribution in [3.8, 4) is 5.75 Å². The van der Waals surface area contributed by atoms with E-state index < -0.39 is 36.3 Å². The maximum Gasteiger partial charge on any atom is 0.338 e. The van der Waals surface area contributed by atoms with Crippen LogP contribution in [-0.4, -0.2) is 49.2 Å². The van der Waals surface area contributed by atoms with E-state index in [4.69, 9.17) is 9.47 Å². The molecule has 4 aromatic rings. The van der Waals surface area contributed by atoms with E-state index in [2.05, 4.69) is 10.9 Å². The monoisotopic (exact) mass is 551 g/mol. The minimum atomic E-state index is -0.958. The normalized spacial score (nSPS) is 14.7. The number of hydrazine groups is 1. The molecule has 1 atom stereocenters. The number of hydrogen-bond donors (Lipinski definition) is 2. The summed E-state index contributed by atoms with van der Waals surface area (Å²) in [5, 5.41) is 1.89. The molecule has 1 aliphatic heterocycles. The summed E-state index contributed by atoms with van der Waals surface area (Å²) in [6.45, 7) is -0.450. The number of methoxy groups -OCH3 is 1. The molecule has 3 amide bonds. The quantitative estimate of drug-likeness (QED) is 0.140. The van der Waals surface area contributed by atoms with E-state index in [1.54, 1.807) is 36.4 Å². The van der Waals surface area contributed by atoms with Gasteiger partial charge in [-0.1, -0.05) is 30.3 Å². The summed E-state index contributed by atoms with van der Waals surface area (Å²) in [5.41, 5.74) is 6.35. The lowest BCUT2D eigenvalue weighted by atomic mass is 10.1. The molecule has 1 unspecified atom stereocenters.